The van der Waals surface area contributed by atoms with Crippen LogP contribution in [0.4, 0.5) is 4.39 Å². The lowest BCUT2D eigenvalue weighted by molar-refractivity contribution is 0.629. The molecule has 0 spiro atoms. The van der Waals surface area contributed by atoms with Gasteiger partial charge in [-0.2, -0.15) is 0 Å². The molecule has 3 rings (SSSR count). The molecular weight excluding hydrogens is 277 g/mol. The lowest BCUT2D eigenvalue weighted by Gasteiger charge is -2.08. The SMILES string of the molecule is NCc1nc2cc(F)ccc2n1Cc1ccc(Cl)cc1. The molecule has 5 heteroatoms. The molecule has 2 N–H and O–H groups in total. The van der Waals surface area contributed by atoms with Crippen LogP contribution < -0.4 is 5.73 Å². The Bertz CT molecular complexity index is 750. The van der Waals surface area contributed by atoms with Gasteiger partial charge in [-0.15, -0.1) is 0 Å². The number of rotatable bonds is 3. The first-order valence-corrected chi connectivity index (χ1v) is 6.64. The first kappa shape index (κ1) is 13.1. The minimum Gasteiger partial charge on any atom is -0.324 e. The van der Waals surface area contributed by atoms with Crippen LogP contribution >= 0.6 is 11.6 Å². The summed E-state index contributed by atoms with van der Waals surface area (Å²) in [6, 6.07) is 12.2. The summed E-state index contributed by atoms with van der Waals surface area (Å²) in [4.78, 5) is 4.38. The molecule has 0 aliphatic rings. The van der Waals surface area contributed by atoms with Crippen LogP contribution in [0.1, 0.15) is 11.4 Å². The summed E-state index contributed by atoms with van der Waals surface area (Å²) < 4.78 is 15.3. The Balaban J connectivity index is 2.07. The van der Waals surface area contributed by atoms with E-state index in [1.165, 1.54) is 12.1 Å². The van der Waals surface area contributed by atoms with E-state index in [0.29, 0.717) is 23.6 Å². The van der Waals surface area contributed by atoms with E-state index in [2.05, 4.69) is 4.98 Å². The smallest absolute Gasteiger partial charge is 0.125 e. The Morgan fingerprint density at radius 1 is 1.15 bits per heavy atom. The summed E-state index contributed by atoms with van der Waals surface area (Å²) in [5.74, 6) is 0.442. The molecule has 0 amide bonds. The van der Waals surface area contributed by atoms with Crippen molar-refractivity contribution < 1.29 is 4.39 Å². The van der Waals surface area contributed by atoms with Gasteiger partial charge in [-0.05, 0) is 29.8 Å². The van der Waals surface area contributed by atoms with Gasteiger partial charge in [0.15, 0.2) is 0 Å². The van der Waals surface area contributed by atoms with Crippen molar-refractivity contribution in [2.24, 2.45) is 5.73 Å². The molecule has 2 aromatic carbocycles. The normalized spacial score (nSPS) is 11.2. The standard InChI is InChI=1S/C15H13ClFN3/c16-11-3-1-10(2-4-11)9-20-14-6-5-12(17)7-13(14)19-15(20)8-18/h1-7H,8-9,18H2. The predicted molar refractivity (Wildman–Crippen MR) is 78.1 cm³/mol. The number of imidazole rings is 1. The molecule has 0 aliphatic carbocycles. The third-order valence-corrected chi connectivity index (χ3v) is 3.48. The molecule has 3 nitrogen and oxygen atoms in total. The second-order valence-electron chi connectivity index (χ2n) is 4.58. The van der Waals surface area contributed by atoms with Crippen molar-refractivity contribution >= 4 is 22.6 Å². The molecule has 0 bridgehead atoms. The lowest BCUT2D eigenvalue weighted by Crippen LogP contribution is -2.09. The number of fused-ring (bicyclic) bond motifs is 1. The minimum atomic E-state index is -0.294. The number of hydrogen-bond donors (Lipinski definition) is 1. The third kappa shape index (κ3) is 2.40. The number of nitrogens with zero attached hydrogens (tertiary/aromatic N) is 2. The van der Waals surface area contributed by atoms with E-state index in [1.54, 1.807) is 6.07 Å². The Hall–Kier alpha value is -1.91. The fraction of sp³-hybridized carbons (Fsp3) is 0.133. The van der Waals surface area contributed by atoms with Crippen LogP contribution in [0.3, 0.4) is 0 Å². The van der Waals surface area contributed by atoms with Gasteiger partial charge in [0.05, 0.1) is 17.6 Å². The Morgan fingerprint density at radius 2 is 1.90 bits per heavy atom. The highest BCUT2D eigenvalue weighted by Crippen LogP contribution is 2.20. The second kappa shape index (κ2) is 5.23. The van der Waals surface area contributed by atoms with Gasteiger partial charge < -0.3 is 10.3 Å². The molecule has 0 unspecified atom stereocenters. The Kier molecular flexibility index (Phi) is 3.42. The lowest BCUT2D eigenvalue weighted by atomic mass is 10.2. The summed E-state index contributed by atoms with van der Waals surface area (Å²) in [5, 5.41) is 0.699. The van der Waals surface area contributed by atoms with E-state index < -0.39 is 0 Å². The fourth-order valence-corrected chi connectivity index (χ4v) is 2.38. The molecule has 0 radical (unpaired) electrons. The molecule has 0 saturated carbocycles. The number of benzene rings is 2. The largest absolute Gasteiger partial charge is 0.324 e. The number of aromatic nitrogens is 2. The topological polar surface area (TPSA) is 43.8 Å². The van der Waals surface area contributed by atoms with Gasteiger partial charge >= 0.3 is 0 Å². The first-order chi connectivity index (χ1) is 9.67. The highest BCUT2D eigenvalue weighted by Gasteiger charge is 2.10. The number of nitrogens with two attached hydrogens (primary N) is 1. The molecule has 0 atom stereocenters. The van der Waals surface area contributed by atoms with E-state index in [4.69, 9.17) is 17.3 Å². The predicted octanol–water partition coefficient (Wildman–Crippen LogP) is 3.34. The quantitative estimate of drug-likeness (QED) is 0.804. The molecule has 1 heterocycles. The van der Waals surface area contributed by atoms with Crippen molar-refractivity contribution in [3.8, 4) is 0 Å². The van der Waals surface area contributed by atoms with Crippen molar-refractivity contribution in [2.75, 3.05) is 0 Å². The highest BCUT2D eigenvalue weighted by molar-refractivity contribution is 6.30. The maximum absolute atomic E-state index is 13.3. The highest BCUT2D eigenvalue weighted by atomic mass is 35.5. The van der Waals surface area contributed by atoms with Gasteiger partial charge in [0.1, 0.15) is 11.6 Å². The van der Waals surface area contributed by atoms with Crippen LogP contribution in [-0.4, -0.2) is 9.55 Å². The van der Waals surface area contributed by atoms with E-state index in [1.807, 2.05) is 28.8 Å². The zero-order valence-corrected chi connectivity index (χ0v) is 11.4. The van der Waals surface area contributed by atoms with Gasteiger partial charge in [0.2, 0.25) is 0 Å². The molecule has 0 aliphatic heterocycles. The summed E-state index contributed by atoms with van der Waals surface area (Å²) in [6.07, 6.45) is 0. The molecule has 1 aromatic heterocycles. The van der Waals surface area contributed by atoms with E-state index in [0.717, 1.165) is 16.9 Å². The molecule has 20 heavy (non-hydrogen) atoms. The van der Waals surface area contributed by atoms with Gasteiger partial charge in [0.25, 0.3) is 0 Å². The summed E-state index contributed by atoms with van der Waals surface area (Å²) in [5.41, 5.74) is 8.32. The first-order valence-electron chi connectivity index (χ1n) is 6.26. The van der Waals surface area contributed by atoms with Crippen LogP contribution in [0, 0.1) is 5.82 Å². The van der Waals surface area contributed by atoms with Crippen molar-refractivity contribution in [3.63, 3.8) is 0 Å². The van der Waals surface area contributed by atoms with E-state index in [-0.39, 0.29) is 5.82 Å². The molecule has 0 saturated heterocycles. The Morgan fingerprint density at radius 3 is 2.60 bits per heavy atom. The van der Waals surface area contributed by atoms with Gasteiger partial charge in [-0.1, -0.05) is 23.7 Å². The molecule has 0 fully saturated rings. The minimum absolute atomic E-state index is 0.294. The van der Waals surface area contributed by atoms with Crippen molar-refractivity contribution in [1.82, 2.24) is 9.55 Å². The monoisotopic (exact) mass is 289 g/mol. The van der Waals surface area contributed by atoms with Crippen LogP contribution in [0.5, 0.6) is 0 Å². The van der Waals surface area contributed by atoms with Crippen molar-refractivity contribution in [3.05, 3.63) is 64.7 Å². The Labute approximate surface area is 120 Å². The average molecular weight is 290 g/mol. The average Bonchev–Trinajstić information content (AvgIpc) is 2.78. The maximum Gasteiger partial charge on any atom is 0.125 e. The maximum atomic E-state index is 13.3. The van der Waals surface area contributed by atoms with Gasteiger partial charge in [-0.25, -0.2) is 9.37 Å². The zero-order valence-electron chi connectivity index (χ0n) is 10.7. The summed E-state index contributed by atoms with van der Waals surface area (Å²) >= 11 is 5.88. The van der Waals surface area contributed by atoms with Crippen LogP contribution in [0.25, 0.3) is 11.0 Å². The molecular formula is C15H13ClFN3. The van der Waals surface area contributed by atoms with Crippen molar-refractivity contribution in [2.45, 2.75) is 13.1 Å². The van der Waals surface area contributed by atoms with Crippen molar-refractivity contribution in [1.29, 1.82) is 0 Å². The van der Waals surface area contributed by atoms with Gasteiger partial charge in [-0.3, -0.25) is 0 Å². The zero-order chi connectivity index (χ0) is 14.1. The number of halogens is 2. The van der Waals surface area contributed by atoms with Crippen LogP contribution in [0.15, 0.2) is 42.5 Å². The van der Waals surface area contributed by atoms with Crippen LogP contribution in [-0.2, 0) is 13.1 Å². The second-order valence-corrected chi connectivity index (χ2v) is 5.01. The summed E-state index contributed by atoms with van der Waals surface area (Å²) in [7, 11) is 0. The third-order valence-electron chi connectivity index (χ3n) is 3.23. The molecule has 102 valence electrons. The van der Waals surface area contributed by atoms with Crippen LogP contribution in [0.2, 0.25) is 5.02 Å². The fourth-order valence-electron chi connectivity index (χ4n) is 2.26. The number of hydrogen-bond acceptors (Lipinski definition) is 2. The summed E-state index contributed by atoms with van der Waals surface area (Å²) in [6.45, 7) is 0.940. The molecule has 3 aromatic rings. The van der Waals surface area contributed by atoms with E-state index in [9.17, 15) is 4.39 Å². The van der Waals surface area contributed by atoms with E-state index >= 15 is 0 Å². The van der Waals surface area contributed by atoms with Gasteiger partial charge in [0, 0.05) is 17.6 Å².